The van der Waals surface area contributed by atoms with Gasteiger partial charge in [-0.1, -0.05) is 15.9 Å². The molecule has 0 saturated carbocycles. The first-order chi connectivity index (χ1) is 11.3. The van der Waals surface area contributed by atoms with Crippen molar-refractivity contribution in [3.8, 4) is 0 Å². The van der Waals surface area contributed by atoms with Crippen LogP contribution in [0, 0.1) is 5.82 Å². The lowest BCUT2D eigenvalue weighted by molar-refractivity contribution is 0.0489. The Balaban J connectivity index is 2.35. The molecule has 1 aromatic heterocycles. The molecule has 0 bridgehead atoms. The number of nitrogens with one attached hydrogen (secondary N) is 1. The highest BCUT2D eigenvalue weighted by Crippen LogP contribution is 2.33. The fourth-order valence-electron chi connectivity index (χ4n) is 2.21. The van der Waals surface area contributed by atoms with Crippen molar-refractivity contribution in [1.29, 1.82) is 0 Å². The van der Waals surface area contributed by atoms with Crippen LogP contribution in [0.3, 0.4) is 0 Å². The molecule has 0 radical (unpaired) electrons. The molecule has 24 heavy (non-hydrogen) atoms. The number of H-pyrrole nitrogens is 1. The number of aromatic nitrogens is 2. The van der Waals surface area contributed by atoms with Crippen LogP contribution >= 0.6 is 15.9 Å². The maximum absolute atomic E-state index is 14.0. The molecule has 2 rings (SSSR count). The minimum absolute atomic E-state index is 0.127. The minimum atomic E-state index is -3.05. The molecule has 3 N–H and O–H groups in total. The molecule has 0 aliphatic carbocycles. The fraction of sp³-hybridized carbons (Fsp3) is 0.333. The van der Waals surface area contributed by atoms with Gasteiger partial charge in [-0.05, 0) is 25.1 Å². The average molecular weight is 406 g/mol. The molecule has 1 heterocycles. The third-order valence-corrected chi connectivity index (χ3v) is 3.89. The van der Waals surface area contributed by atoms with Crippen molar-refractivity contribution in [2.75, 3.05) is 6.61 Å². The topological polar surface area (TPSA) is 81.0 Å². The normalized spacial score (nSPS) is 13.8. The molecule has 2 aromatic rings. The number of imidazole rings is 1. The van der Waals surface area contributed by atoms with Gasteiger partial charge in [0.2, 0.25) is 5.82 Å². The van der Waals surface area contributed by atoms with Gasteiger partial charge in [-0.3, -0.25) is 0 Å². The summed E-state index contributed by atoms with van der Waals surface area (Å²) in [5.74, 6) is -1.68. The second-order valence-electron chi connectivity index (χ2n) is 5.12. The van der Waals surface area contributed by atoms with E-state index < -0.39 is 30.2 Å². The van der Waals surface area contributed by atoms with Crippen LogP contribution in [0.1, 0.15) is 28.8 Å². The Bertz CT molecular complexity index is 739. The van der Waals surface area contributed by atoms with Gasteiger partial charge < -0.3 is 15.5 Å². The summed E-state index contributed by atoms with van der Waals surface area (Å²) in [6, 6.07) is 3.66. The summed E-state index contributed by atoms with van der Waals surface area (Å²) in [5.41, 5.74) is 3.38. The van der Waals surface area contributed by atoms with Crippen LogP contribution in [0.15, 0.2) is 28.9 Å². The molecule has 0 saturated heterocycles. The summed E-state index contributed by atoms with van der Waals surface area (Å²) < 4.78 is 46.4. The molecule has 1 unspecified atom stereocenters. The summed E-state index contributed by atoms with van der Waals surface area (Å²) in [6.07, 6.45) is -2.29. The predicted molar refractivity (Wildman–Crippen MR) is 84.2 cm³/mol. The molecule has 0 fully saturated rings. The zero-order chi connectivity index (χ0) is 17.9. The molecular formula is C15H15BrF3N3O2. The van der Waals surface area contributed by atoms with Crippen molar-refractivity contribution in [2.45, 2.75) is 25.3 Å². The first-order valence-corrected chi connectivity index (χ1v) is 7.80. The van der Waals surface area contributed by atoms with E-state index in [1.54, 1.807) is 6.92 Å². The van der Waals surface area contributed by atoms with Crippen molar-refractivity contribution in [1.82, 2.24) is 9.97 Å². The first kappa shape index (κ1) is 18.5. The van der Waals surface area contributed by atoms with E-state index in [9.17, 15) is 18.0 Å². The summed E-state index contributed by atoms with van der Waals surface area (Å²) in [4.78, 5) is 17.9. The van der Waals surface area contributed by atoms with Gasteiger partial charge in [-0.25, -0.2) is 22.9 Å². The zero-order valence-corrected chi connectivity index (χ0v) is 14.2. The standard InChI is InChI=1S/C15H15BrF3N3O2/c1-2-24-13(23)12-21-7-9(22-12)6-15(20,14(18)19)10-5-8(16)3-4-11(10)17/h3-5,7,14H,2,6,20H2,1H3,(H,21,22). The number of ether oxygens (including phenoxy) is 1. The van der Waals surface area contributed by atoms with Crippen LogP contribution in [0.4, 0.5) is 13.2 Å². The third kappa shape index (κ3) is 3.78. The number of rotatable bonds is 6. The Hall–Kier alpha value is -1.87. The second-order valence-corrected chi connectivity index (χ2v) is 6.04. The highest BCUT2D eigenvalue weighted by molar-refractivity contribution is 9.10. The second kappa shape index (κ2) is 7.35. The van der Waals surface area contributed by atoms with E-state index in [1.165, 1.54) is 18.3 Å². The molecule has 130 valence electrons. The number of nitrogens with two attached hydrogens (primary N) is 1. The number of alkyl halides is 2. The summed E-state index contributed by atoms with van der Waals surface area (Å²) in [7, 11) is 0. The summed E-state index contributed by atoms with van der Waals surface area (Å²) in [6.45, 7) is 1.77. The number of nitrogens with zero attached hydrogens (tertiary/aromatic N) is 1. The number of benzene rings is 1. The molecule has 0 amide bonds. The fourth-order valence-corrected chi connectivity index (χ4v) is 2.57. The zero-order valence-electron chi connectivity index (χ0n) is 12.7. The van der Waals surface area contributed by atoms with E-state index in [1.807, 2.05) is 0 Å². The predicted octanol–water partition coefficient (Wildman–Crippen LogP) is 3.15. The van der Waals surface area contributed by atoms with E-state index in [4.69, 9.17) is 10.5 Å². The van der Waals surface area contributed by atoms with Crippen LogP contribution in [0.2, 0.25) is 0 Å². The van der Waals surface area contributed by atoms with Crippen LogP contribution in [0.25, 0.3) is 0 Å². The van der Waals surface area contributed by atoms with Crippen molar-refractivity contribution in [2.24, 2.45) is 5.73 Å². The number of carbonyl (C=O) groups excluding carboxylic acids is 1. The lowest BCUT2D eigenvalue weighted by Gasteiger charge is -2.29. The Morgan fingerprint density at radius 2 is 2.21 bits per heavy atom. The Morgan fingerprint density at radius 3 is 2.83 bits per heavy atom. The Labute approximate surface area is 144 Å². The molecule has 1 atom stereocenters. The largest absolute Gasteiger partial charge is 0.460 e. The lowest BCUT2D eigenvalue weighted by atomic mass is 9.86. The van der Waals surface area contributed by atoms with Crippen molar-refractivity contribution in [3.63, 3.8) is 0 Å². The van der Waals surface area contributed by atoms with Crippen LogP contribution in [0.5, 0.6) is 0 Å². The lowest BCUT2D eigenvalue weighted by Crippen LogP contribution is -2.46. The summed E-state index contributed by atoms with van der Waals surface area (Å²) >= 11 is 3.12. The van der Waals surface area contributed by atoms with Crippen molar-refractivity contribution >= 4 is 21.9 Å². The Morgan fingerprint density at radius 1 is 1.50 bits per heavy atom. The average Bonchev–Trinajstić information content (AvgIpc) is 2.98. The van der Waals surface area contributed by atoms with Crippen LogP contribution in [-0.2, 0) is 16.7 Å². The monoisotopic (exact) mass is 405 g/mol. The van der Waals surface area contributed by atoms with Gasteiger partial charge in [0.1, 0.15) is 11.4 Å². The summed E-state index contributed by atoms with van der Waals surface area (Å²) in [5, 5.41) is 0. The molecule has 9 heteroatoms. The van der Waals surface area contributed by atoms with E-state index in [-0.39, 0.29) is 23.7 Å². The van der Waals surface area contributed by atoms with Gasteiger partial charge in [0.05, 0.1) is 6.61 Å². The van der Waals surface area contributed by atoms with E-state index in [2.05, 4.69) is 25.9 Å². The number of hydrogen-bond donors (Lipinski definition) is 2. The first-order valence-electron chi connectivity index (χ1n) is 7.01. The van der Waals surface area contributed by atoms with Gasteiger partial charge in [0, 0.05) is 28.3 Å². The van der Waals surface area contributed by atoms with Gasteiger partial charge in [-0.2, -0.15) is 0 Å². The highest BCUT2D eigenvalue weighted by Gasteiger charge is 2.40. The Kier molecular flexibility index (Phi) is 5.66. The van der Waals surface area contributed by atoms with Crippen LogP contribution in [-0.4, -0.2) is 29.0 Å². The molecular weight excluding hydrogens is 391 g/mol. The molecule has 0 spiro atoms. The maximum Gasteiger partial charge on any atom is 0.374 e. The molecule has 1 aromatic carbocycles. The van der Waals surface area contributed by atoms with Gasteiger partial charge in [0.25, 0.3) is 6.43 Å². The van der Waals surface area contributed by atoms with Crippen molar-refractivity contribution in [3.05, 3.63) is 51.8 Å². The van der Waals surface area contributed by atoms with E-state index in [0.29, 0.717) is 4.47 Å². The molecule has 0 aliphatic heterocycles. The minimum Gasteiger partial charge on any atom is -0.460 e. The maximum atomic E-state index is 14.0. The quantitative estimate of drug-likeness (QED) is 0.723. The van der Waals surface area contributed by atoms with Gasteiger partial charge >= 0.3 is 5.97 Å². The SMILES string of the molecule is CCOC(=O)c1ncc(CC(N)(c2cc(Br)ccc2F)C(F)F)[nH]1. The number of halogens is 4. The number of esters is 1. The van der Waals surface area contributed by atoms with E-state index in [0.717, 1.165) is 6.07 Å². The highest BCUT2D eigenvalue weighted by atomic mass is 79.9. The molecule has 5 nitrogen and oxygen atoms in total. The number of hydrogen-bond acceptors (Lipinski definition) is 4. The van der Waals surface area contributed by atoms with Crippen molar-refractivity contribution < 1.29 is 22.7 Å². The smallest absolute Gasteiger partial charge is 0.374 e. The number of carbonyl (C=O) groups is 1. The van der Waals surface area contributed by atoms with Crippen LogP contribution < -0.4 is 5.73 Å². The third-order valence-electron chi connectivity index (χ3n) is 3.40. The van der Waals surface area contributed by atoms with Gasteiger partial charge in [0.15, 0.2) is 0 Å². The molecule has 0 aliphatic rings. The van der Waals surface area contributed by atoms with E-state index >= 15 is 0 Å². The number of aromatic amines is 1. The van der Waals surface area contributed by atoms with Gasteiger partial charge in [-0.15, -0.1) is 0 Å².